The second kappa shape index (κ2) is 5.41. The van der Waals surface area contributed by atoms with E-state index in [0.717, 1.165) is 17.7 Å². The molecule has 80 valence electrons. The van der Waals surface area contributed by atoms with Crippen molar-refractivity contribution in [3.8, 4) is 11.8 Å². The molecule has 0 amide bonds. The van der Waals surface area contributed by atoms with Crippen LogP contribution in [0.25, 0.3) is 0 Å². The topological polar surface area (TPSA) is 33.0 Å². The lowest BCUT2D eigenvalue weighted by Gasteiger charge is -2.14. The maximum absolute atomic E-state index is 9.03. The maximum atomic E-state index is 9.03. The number of nitrogens with zero attached hydrogens (tertiary/aromatic N) is 1. The SMILES string of the molecule is COc1ccccc1CC(C#N)C(C)C. The molecule has 0 heterocycles. The van der Waals surface area contributed by atoms with Gasteiger partial charge in [-0.25, -0.2) is 0 Å². The first-order valence-electron chi connectivity index (χ1n) is 5.20. The van der Waals surface area contributed by atoms with E-state index in [1.165, 1.54) is 0 Å². The predicted molar refractivity (Wildman–Crippen MR) is 60.6 cm³/mol. The van der Waals surface area contributed by atoms with E-state index in [1.54, 1.807) is 7.11 Å². The standard InChI is InChI=1S/C13H17NO/c1-10(2)12(9-14)8-11-6-4-5-7-13(11)15-3/h4-7,10,12H,8H2,1-3H3. The fourth-order valence-electron chi connectivity index (χ4n) is 1.54. The Balaban J connectivity index is 2.84. The number of ether oxygens (including phenoxy) is 1. The molecule has 1 rings (SSSR count). The molecule has 1 atom stereocenters. The summed E-state index contributed by atoms with van der Waals surface area (Å²) in [5.41, 5.74) is 1.11. The van der Waals surface area contributed by atoms with Gasteiger partial charge in [0, 0.05) is 0 Å². The molecule has 0 fully saturated rings. The predicted octanol–water partition coefficient (Wildman–Crippen LogP) is 3.03. The van der Waals surface area contributed by atoms with E-state index in [9.17, 15) is 0 Å². The molecule has 1 unspecified atom stereocenters. The molecule has 1 aromatic rings. The van der Waals surface area contributed by atoms with E-state index in [1.807, 2.05) is 24.3 Å². The largest absolute Gasteiger partial charge is 0.496 e. The zero-order chi connectivity index (χ0) is 11.3. The molecule has 0 aliphatic heterocycles. The molecular weight excluding hydrogens is 186 g/mol. The molecule has 0 aliphatic carbocycles. The zero-order valence-electron chi connectivity index (χ0n) is 9.53. The third-order valence-electron chi connectivity index (χ3n) is 2.60. The van der Waals surface area contributed by atoms with Crippen molar-refractivity contribution in [2.24, 2.45) is 11.8 Å². The maximum Gasteiger partial charge on any atom is 0.122 e. The Kier molecular flexibility index (Phi) is 4.17. The summed E-state index contributed by atoms with van der Waals surface area (Å²) in [6.07, 6.45) is 0.762. The van der Waals surface area contributed by atoms with Crippen molar-refractivity contribution in [3.05, 3.63) is 29.8 Å². The van der Waals surface area contributed by atoms with E-state index in [0.29, 0.717) is 5.92 Å². The molecule has 0 saturated heterocycles. The summed E-state index contributed by atoms with van der Waals surface area (Å²) in [6.45, 7) is 4.15. The fraction of sp³-hybridized carbons (Fsp3) is 0.462. The number of hydrogen-bond donors (Lipinski definition) is 0. The van der Waals surface area contributed by atoms with Crippen molar-refractivity contribution in [2.75, 3.05) is 7.11 Å². The van der Waals surface area contributed by atoms with Gasteiger partial charge in [-0.2, -0.15) is 5.26 Å². The monoisotopic (exact) mass is 203 g/mol. The van der Waals surface area contributed by atoms with Crippen molar-refractivity contribution in [3.63, 3.8) is 0 Å². The zero-order valence-corrected chi connectivity index (χ0v) is 9.53. The van der Waals surface area contributed by atoms with Gasteiger partial charge in [0.15, 0.2) is 0 Å². The normalized spacial score (nSPS) is 12.2. The van der Waals surface area contributed by atoms with Crippen LogP contribution in [0, 0.1) is 23.2 Å². The van der Waals surface area contributed by atoms with Crippen LogP contribution < -0.4 is 4.74 Å². The van der Waals surface area contributed by atoms with Gasteiger partial charge in [-0.05, 0) is 24.0 Å². The third kappa shape index (κ3) is 2.99. The third-order valence-corrected chi connectivity index (χ3v) is 2.60. The molecule has 0 saturated carbocycles. The lowest BCUT2D eigenvalue weighted by molar-refractivity contribution is 0.401. The van der Waals surface area contributed by atoms with Crippen LogP contribution in [-0.2, 0) is 6.42 Å². The first-order chi connectivity index (χ1) is 7.19. The lowest BCUT2D eigenvalue weighted by atomic mass is 9.90. The number of rotatable bonds is 4. The van der Waals surface area contributed by atoms with Crippen molar-refractivity contribution in [2.45, 2.75) is 20.3 Å². The summed E-state index contributed by atoms with van der Waals surface area (Å²) in [6, 6.07) is 10.2. The molecular formula is C13H17NO. The Morgan fingerprint density at radius 3 is 2.53 bits per heavy atom. The van der Waals surface area contributed by atoms with Gasteiger partial charge >= 0.3 is 0 Å². The van der Waals surface area contributed by atoms with Gasteiger partial charge in [0.2, 0.25) is 0 Å². The molecule has 2 nitrogen and oxygen atoms in total. The summed E-state index contributed by atoms with van der Waals surface area (Å²) in [7, 11) is 1.66. The van der Waals surface area contributed by atoms with Crippen molar-refractivity contribution < 1.29 is 4.74 Å². The first kappa shape index (κ1) is 11.6. The number of methoxy groups -OCH3 is 1. The van der Waals surface area contributed by atoms with Gasteiger partial charge in [-0.3, -0.25) is 0 Å². The van der Waals surface area contributed by atoms with Crippen LogP contribution in [0.3, 0.4) is 0 Å². The van der Waals surface area contributed by atoms with E-state index in [-0.39, 0.29) is 5.92 Å². The quantitative estimate of drug-likeness (QED) is 0.753. The summed E-state index contributed by atoms with van der Waals surface area (Å²) in [4.78, 5) is 0. The van der Waals surface area contributed by atoms with Gasteiger partial charge in [0.25, 0.3) is 0 Å². The molecule has 2 heteroatoms. The Hall–Kier alpha value is -1.49. The summed E-state index contributed by atoms with van der Waals surface area (Å²) in [5.74, 6) is 1.31. The van der Waals surface area contributed by atoms with Gasteiger partial charge in [-0.1, -0.05) is 32.0 Å². The van der Waals surface area contributed by atoms with Crippen LogP contribution in [0.4, 0.5) is 0 Å². The van der Waals surface area contributed by atoms with Gasteiger partial charge in [0.1, 0.15) is 5.75 Å². The van der Waals surface area contributed by atoms with E-state index >= 15 is 0 Å². The average Bonchev–Trinajstić information content (AvgIpc) is 2.25. The Labute approximate surface area is 91.5 Å². The number of nitriles is 1. The van der Waals surface area contributed by atoms with Crippen LogP contribution in [0.5, 0.6) is 5.75 Å². The highest BCUT2D eigenvalue weighted by Gasteiger charge is 2.15. The van der Waals surface area contributed by atoms with Gasteiger partial charge in [0.05, 0.1) is 19.1 Å². The number of hydrogen-bond acceptors (Lipinski definition) is 2. The van der Waals surface area contributed by atoms with Crippen LogP contribution in [0.15, 0.2) is 24.3 Å². The molecule has 0 N–H and O–H groups in total. The van der Waals surface area contributed by atoms with E-state index < -0.39 is 0 Å². The molecule has 0 radical (unpaired) electrons. The Morgan fingerprint density at radius 1 is 1.33 bits per heavy atom. The fourth-order valence-corrected chi connectivity index (χ4v) is 1.54. The molecule has 0 aliphatic rings. The minimum absolute atomic E-state index is 0.0568. The molecule has 0 spiro atoms. The summed E-state index contributed by atoms with van der Waals surface area (Å²) >= 11 is 0. The number of para-hydroxylation sites is 1. The van der Waals surface area contributed by atoms with Crippen LogP contribution in [0.1, 0.15) is 19.4 Å². The molecule has 0 bridgehead atoms. The first-order valence-corrected chi connectivity index (χ1v) is 5.20. The average molecular weight is 203 g/mol. The van der Waals surface area contributed by atoms with E-state index in [4.69, 9.17) is 10.00 Å². The minimum Gasteiger partial charge on any atom is -0.496 e. The van der Waals surface area contributed by atoms with Crippen LogP contribution in [0.2, 0.25) is 0 Å². The van der Waals surface area contributed by atoms with Crippen molar-refractivity contribution in [1.82, 2.24) is 0 Å². The second-order valence-electron chi connectivity index (χ2n) is 4.00. The van der Waals surface area contributed by atoms with Crippen LogP contribution >= 0.6 is 0 Å². The molecule has 15 heavy (non-hydrogen) atoms. The van der Waals surface area contributed by atoms with E-state index in [2.05, 4.69) is 19.9 Å². The van der Waals surface area contributed by atoms with Crippen LogP contribution in [-0.4, -0.2) is 7.11 Å². The Bertz CT molecular complexity index is 352. The molecule has 0 aromatic heterocycles. The van der Waals surface area contributed by atoms with Crippen molar-refractivity contribution in [1.29, 1.82) is 5.26 Å². The van der Waals surface area contributed by atoms with Gasteiger partial charge in [-0.15, -0.1) is 0 Å². The highest BCUT2D eigenvalue weighted by atomic mass is 16.5. The Morgan fingerprint density at radius 2 is 2.00 bits per heavy atom. The smallest absolute Gasteiger partial charge is 0.122 e. The summed E-state index contributed by atoms with van der Waals surface area (Å²) in [5, 5.41) is 9.03. The number of benzene rings is 1. The van der Waals surface area contributed by atoms with Crippen molar-refractivity contribution >= 4 is 0 Å². The minimum atomic E-state index is 0.0568. The second-order valence-corrected chi connectivity index (χ2v) is 4.00. The van der Waals surface area contributed by atoms with Gasteiger partial charge < -0.3 is 4.74 Å². The molecule has 1 aromatic carbocycles. The highest BCUT2D eigenvalue weighted by molar-refractivity contribution is 5.34. The summed E-state index contributed by atoms with van der Waals surface area (Å²) < 4.78 is 5.26. The highest BCUT2D eigenvalue weighted by Crippen LogP contribution is 2.23. The lowest BCUT2D eigenvalue weighted by Crippen LogP contribution is -2.10.